The summed E-state index contributed by atoms with van der Waals surface area (Å²) in [6.07, 6.45) is 1.80. The van der Waals surface area contributed by atoms with E-state index in [-0.39, 0.29) is 11.9 Å². The summed E-state index contributed by atoms with van der Waals surface area (Å²) in [5, 5.41) is 0. The van der Waals surface area contributed by atoms with Crippen LogP contribution in [0.1, 0.15) is 12.5 Å². The Morgan fingerprint density at radius 1 is 1.00 bits per heavy atom. The van der Waals surface area contributed by atoms with Gasteiger partial charge in [-0.25, -0.2) is 14.7 Å². The molecule has 2 saturated heterocycles. The largest absolute Gasteiger partial charge is 0.354 e. The Kier molecular flexibility index (Phi) is 5.00. The Morgan fingerprint density at radius 3 is 2.36 bits per heavy atom. The van der Waals surface area contributed by atoms with E-state index in [0.29, 0.717) is 6.67 Å². The summed E-state index contributed by atoms with van der Waals surface area (Å²) in [4.78, 5) is 37.4. The van der Waals surface area contributed by atoms with Gasteiger partial charge in [0, 0.05) is 38.1 Å². The van der Waals surface area contributed by atoms with E-state index in [4.69, 9.17) is 0 Å². The van der Waals surface area contributed by atoms with Crippen molar-refractivity contribution >= 4 is 23.4 Å². The molecule has 0 spiro atoms. The van der Waals surface area contributed by atoms with Crippen molar-refractivity contribution in [1.29, 1.82) is 0 Å². The standard InChI is InChI=1S/C21H25N5O2/c1-16-6-8-18(9-7-16)26-17(2)20(27)25(21(26)28)15-23-11-13-24(14-12-23)19-5-3-4-10-22-19/h3-10,17H,11-15H2,1-2H3/t17-/m1/s1. The smallest absolute Gasteiger partial charge is 0.333 e. The maximum Gasteiger partial charge on any atom is 0.333 e. The first-order valence-corrected chi connectivity index (χ1v) is 9.64. The minimum absolute atomic E-state index is 0.141. The third-order valence-corrected chi connectivity index (χ3v) is 5.45. The van der Waals surface area contributed by atoms with Gasteiger partial charge in [-0.05, 0) is 38.1 Å². The Balaban J connectivity index is 1.40. The number of aryl methyl sites for hydroxylation is 1. The molecule has 0 bridgehead atoms. The predicted octanol–water partition coefficient (Wildman–Crippen LogP) is 2.33. The molecule has 2 aliphatic heterocycles. The van der Waals surface area contributed by atoms with Crippen LogP contribution in [-0.4, -0.2) is 65.6 Å². The number of aromatic nitrogens is 1. The van der Waals surface area contributed by atoms with Crippen LogP contribution in [0.5, 0.6) is 0 Å². The SMILES string of the molecule is Cc1ccc(N2C(=O)N(CN3CCN(c4ccccn4)CC3)C(=O)[C@H]2C)cc1. The molecule has 28 heavy (non-hydrogen) atoms. The van der Waals surface area contributed by atoms with Gasteiger partial charge in [-0.3, -0.25) is 14.6 Å². The highest BCUT2D eigenvalue weighted by Crippen LogP contribution is 2.26. The van der Waals surface area contributed by atoms with E-state index in [1.165, 1.54) is 4.90 Å². The lowest BCUT2D eigenvalue weighted by Gasteiger charge is -2.36. The number of anilines is 2. The van der Waals surface area contributed by atoms with Crippen molar-refractivity contribution in [2.24, 2.45) is 0 Å². The molecule has 3 amide bonds. The highest BCUT2D eigenvalue weighted by atomic mass is 16.2. The number of benzene rings is 1. The van der Waals surface area contributed by atoms with Crippen molar-refractivity contribution < 1.29 is 9.59 Å². The van der Waals surface area contributed by atoms with Crippen molar-refractivity contribution in [3.05, 3.63) is 54.2 Å². The number of carbonyl (C=O) groups excluding carboxylic acids is 2. The summed E-state index contributed by atoms with van der Waals surface area (Å²) in [7, 11) is 0. The molecule has 1 atom stereocenters. The quantitative estimate of drug-likeness (QED) is 0.763. The van der Waals surface area contributed by atoms with Crippen LogP contribution in [0, 0.1) is 6.92 Å². The van der Waals surface area contributed by atoms with E-state index in [1.54, 1.807) is 18.0 Å². The molecule has 3 heterocycles. The van der Waals surface area contributed by atoms with E-state index >= 15 is 0 Å². The first kappa shape index (κ1) is 18.4. The highest BCUT2D eigenvalue weighted by Gasteiger charge is 2.44. The summed E-state index contributed by atoms with van der Waals surface area (Å²) in [6.45, 7) is 7.34. The number of hydrogen-bond donors (Lipinski definition) is 0. The van der Waals surface area contributed by atoms with Crippen LogP contribution in [0.15, 0.2) is 48.7 Å². The van der Waals surface area contributed by atoms with Crippen molar-refractivity contribution in [3.63, 3.8) is 0 Å². The minimum atomic E-state index is -0.481. The molecule has 7 heteroatoms. The fourth-order valence-corrected chi connectivity index (χ4v) is 3.75. The minimum Gasteiger partial charge on any atom is -0.354 e. The van der Waals surface area contributed by atoms with Gasteiger partial charge in [0.15, 0.2) is 0 Å². The van der Waals surface area contributed by atoms with Crippen LogP contribution in [0.4, 0.5) is 16.3 Å². The van der Waals surface area contributed by atoms with Gasteiger partial charge in [-0.2, -0.15) is 0 Å². The van der Waals surface area contributed by atoms with Crippen molar-refractivity contribution in [3.8, 4) is 0 Å². The van der Waals surface area contributed by atoms with Gasteiger partial charge in [0.1, 0.15) is 11.9 Å². The van der Waals surface area contributed by atoms with Crippen LogP contribution < -0.4 is 9.80 Å². The maximum absolute atomic E-state index is 13.0. The second kappa shape index (κ2) is 7.59. The van der Waals surface area contributed by atoms with Gasteiger partial charge in [-0.1, -0.05) is 23.8 Å². The van der Waals surface area contributed by atoms with Crippen LogP contribution >= 0.6 is 0 Å². The zero-order chi connectivity index (χ0) is 19.7. The number of imide groups is 1. The van der Waals surface area contributed by atoms with Crippen LogP contribution in [0.2, 0.25) is 0 Å². The zero-order valence-electron chi connectivity index (χ0n) is 16.3. The Morgan fingerprint density at radius 2 is 1.71 bits per heavy atom. The van der Waals surface area contributed by atoms with Gasteiger partial charge in [0.25, 0.3) is 5.91 Å². The summed E-state index contributed by atoms with van der Waals surface area (Å²) < 4.78 is 0. The van der Waals surface area contributed by atoms with E-state index in [1.807, 2.05) is 49.4 Å². The molecule has 0 radical (unpaired) electrons. The average molecular weight is 379 g/mol. The van der Waals surface area contributed by atoms with E-state index in [9.17, 15) is 9.59 Å². The molecular formula is C21H25N5O2. The third-order valence-electron chi connectivity index (χ3n) is 5.45. The maximum atomic E-state index is 13.0. The first-order valence-electron chi connectivity index (χ1n) is 9.64. The number of amides is 3. The van der Waals surface area contributed by atoms with Gasteiger partial charge >= 0.3 is 6.03 Å². The van der Waals surface area contributed by atoms with Crippen LogP contribution in [0.25, 0.3) is 0 Å². The Labute approximate surface area is 165 Å². The molecule has 0 N–H and O–H groups in total. The number of carbonyl (C=O) groups is 2. The summed E-state index contributed by atoms with van der Waals surface area (Å²) in [5.41, 5.74) is 1.89. The normalized spacial score (nSPS) is 20.9. The molecule has 2 aromatic rings. The van der Waals surface area contributed by atoms with Crippen LogP contribution in [0.3, 0.4) is 0 Å². The molecule has 0 aliphatic carbocycles. The van der Waals surface area contributed by atoms with Crippen molar-refractivity contribution in [2.75, 3.05) is 42.6 Å². The third kappa shape index (κ3) is 3.45. The summed E-state index contributed by atoms with van der Waals surface area (Å²) >= 11 is 0. The van der Waals surface area contributed by atoms with Crippen LogP contribution in [-0.2, 0) is 4.79 Å². The highest BCUT2D eigenvalue weighted by molar-refractivity contribution is 6.14. The van der Waals surface area contributed by atoms with E-state index in [2.05, 4.69) is 14.8 Å². The number of nitrogens with zero attached hydrogens (tertiary/aromatic N) is 5. The molecule has 2 aliphatic rings. The summed E-state index contributed by atoms with van der Waals surface area (Å²) in [5.74, 6) is 0.826. The van der Waals surface area contributed by atoms with Gasteiger partial charge in [0.05, 0.1) is 6.67 Å². The molecule has 2 fully saturated rings. The lowest BCUT2D eigenvalue weighted by Crippen LogP contribution is -2.51. The molecule has 146 valence electrons. The topological polar surface area (TPSA) is 60.0 Å². The first-order chi connectivity index (χ1) is 13.5. The van der Waals surface area contributed by atoms with Crippen molar-refractivity contribution in [2.45, 2.75) is 19.9 Å². The van der Waals surface area contributed by atoms with E-state index in [0.717, 1.165) is 43.2 Å². The lowest BCUT2D eigenvalue weighted by molar-refractivity contribution is -0.128. The number of urea groups is 1. The number of rotatable bonds is 4. The summed E-state index contributed by atoms with van der Waals surface area (Å²) in [6, 6.07) is 12.9. The average Bonchev–Trinajstić information content (AvgIpc) is 2.93. The predicted molar refractivity (Wildman–Crippen MR) is 108 cm³/mol. The number of hydrogen-bond acceptors (Lipinski definition) is 5. The van der Waals surface area contributed by atoms with E-state index < -0.39 is 6.04 Å². The zero-order valence-corrected chi connectivity index (χ0v) is 16.3. The monoisotopic (exact) mass is 379 g/mol. The second-order valence-electron chi connectivity index (χ2n) is 7.36. The molecular weight excluding hydrogens is 354 g/mol. The Hall–Kier alpha value is -2.93. The second-order valence-corrected chi connectivity index (χ2v) is 7.36. The Bertz CT molecular complexity index is 847. The molecule has 4 rings (SSSR count). The molecule has 1 aromatic carbocycles. The molecule has 7 nitrogen and oxygen atoms in total. The molecule has 0 saturated carbocycles. The van der Waals surface area contributed by atoms with Crippen molar-refractivity contribution in [1.82, 2.24) is 14.8 Å². The fourth-order valence-electron chi connectivity index (χ4n) is 3.75. The van der Waals surface area contributed by atoms with Gasteiger partial charge < -0.3 is 4.90 Å². The lowest BCUT2D eigenvalue weighted by atomic mass is 10.2. The number of piperazine rings is 1. The van der Waals surface area contributed by atoms with Gasteiger partial charge in [-0.15, -0.1) is 0 Å². The number of pyridine rings is 1. The van der Waals surface area contributed by atoms with Gasteiger partial charge in [0.2, 0.25) is 0 Å². The fraction of sp³-hybridized carbons (Fsp3) is 0.381. The molecule has 0 unspecified atom stereocenters. The molecule has 1 aromatic heterocycles.